The first-order valence-corrected chi connectivity index (χ1v) is 9.45. The van der Waals surface area contributed by atoms with Crippen molar-refractivity contribution in [3.8, 4) is 6.07 Å². The van der Waals surface area contributed by atoms with Crippen molar-refractivity contribution in [2.24, 2.45) is 11.8 Å². The number of amides is 2. The molecule has 28 heavy (non-hydrogen) atoms. The Bertz CT molecular complexity index is 1050. The molecule has 2 aromatic rings. The lowest BCUT2D eigenvalue weighted by molar-refractivity contribution is -0.117. The van der Waals surface area contributed by atoms with Crippen LogP contribution in [0.15, 0.2) is 24.4 Å². The van der Waals surface area contributed by atoms with Gasteiger partial charge in [0.15, 0.2) is 0 Å². The molecular weight excluding hydrogens is 358 g/mol. The van der Waals surface area contributed by atoms with Crippen molar-refractivity contribution in [2.75, 3.05) is 16.0 Å². The molecule has 0 spiro atoms. The number of benzene rings is 1. The van der Waals surface area contributed by atoms with Gasteiger partial charge in [0.1, 0.15) is 11.9 Å². The molecule has 4 atom stereocenters. The molecule has 8 nitrogen and oxygen atoms in total. The summed E-state index contributed by atoms with van der Waals surface area (Å²) in [4.78, 5) is 30.5. The molecule has 3 fully saturated rings. The van der Waals surface area contributed by atoms with E-state index < -0.39 is 0 Å². The Morgan fingerprint density at radius 3 is 3.00 bits per heavy atom. The van der Waals surface area contributed by atoms with Crippen LogP contribution in [0.3, 0.4) is 0 Å². The van der Waals surface area contributed by atoms with Gasteiger partial charge in [-0.3, -0.25) is 9.69 Å². The molecule has 2 saturated carbocycles. The van der Waals surface area contributed by atoms with Crippen LogP contribution in [-0.2, 0) is 9.53 Å². The fourth-order valence-electron chi connectivity index (χ4n) is 4.28. The smallest absolute Gasteiger partial charge is 0.415 e. The van der Waals surface area contributed by atoms with Gasteiger partial charge in [-0.2, -0.15) is 5.26 Å². The molecule has 1 aromatic heterocycles. The third-order valence-corrected chi connectivity index (χ3v) is 5.87. The van der Waals surface area contributed by atoms with E-state index in [1.807, 2.05) is 6.07 Å². The van der Waals surface area contributed by atoms with E-state index in [1.165, 1.54) is 0 Å². The van der Waals surface area contributed by atoms with Gasteiger partial charge in [0.2, 0.25) is 5.91 Å². The van der Waals surface area contributed by atoms with Gasteiger partial charge in [-0.1, -0.05) is 0 Å². The zero-order valence-corrected chi connectivity index (χ0v) is 15.1. The summed E-state index contributed by atoms with van der Waals surface area (Å²) in [6.07, 6.45) is 4.64. The summed E-state index contributed by atoms with van der Waals surface area (Å²) in [6.45, 7) is 0. The maximum Gasteiger partial charge on any atom is 0.415 e. The van der Waals surface area contributed by atoms with E-state index in [4.69, 9.17) is 15.7 Å². The summed E-state index contributed by atoms with van der Waals surface area (Å²) in [5.74, 6) is -0.263. The van der Waals surface area contributed by atoms with E-state index in [9.17, 15) is 9.59 Å². The lowest BCUT2D eigenvalue weighted by Gasteiger charge is -2.21. The van der Waals surface area contributed by atoms with E-state index in [0.29, 0.717) is 23.6 Å². The SMILES string of the molecule is N#C[C@H]1C[C@@H]1C(=O)Nc1cc2cc(N3C(=O)OC4CCCC43)cc(N)c2cn1. The number of hydrogen-bond donors (Lipinski definition) is 2. The second kappa shape index (κ2) is 6.09. The number of carbonyl (C=O) groups excluding carboxylic acids is 2. The van der Waals surface area contributed by atoms with E-state index in [0.717, 1.165) is 30.0 Å². The number of carbonyl (C=O) groups is 2. The zero-order chi connectivity index (χ0) is 19.4. The normalized spacial score (nSPS) is 28.0. The van der Waals surface area contributed by atoms with E-state index in [2.05, 4.69) is 16.4 Å². The van der Waals surface area contributed by atoms with Gasteiger partial charge in [-0.25, -0.2) is 9.78 Å². The molecule has 0 radical (unpaired) electrons. The number of pyridine rings is 1. The monoisotopic (exact) mass is 377 g/mol. The minimum absolute atomic E-state index is 0.0446. The Morgan fingerprint density at radius 2 is 2.21 bits per heavy atom. The molecule has 2 aliphatic carbocycles. The van der Waals surface area contributed by atoms with E-state index in [1.54, 1.807) is 23.2 Å². The third-order valence-electron chi connectivity index (χ3n) is 5.87. The molecule has 3 aliphatic rings. The van der Waals surface area contributed by atoms with Gasteiger partial charge in [-0.15, -0.1) is 0 Å². The number of anilines is 3. The average molecular weight is 377 g/mol. The highest BCUT2D eigenvalue weighted by Crippen LogP contribution is 2.40. The van der Waals surface area contributed by atoms with Crippen LogP contribution in [0.5, 0.6) is 0 Å². The van der Waals surface area contributed by atoms with E-state index >= 15 is 0 Å². The topological polar surface area (TPSA) is 121 Å². The number of ether oxygens (including phenoxy) is 1. The number of nitriles is 1. The van der Waals surface area contributed by atoms with Gasteiger partial charge >= 0.3 is 6.09 Å². The highest BCUT2D eigenvalue weighted by atomic mass is 16.6. The van der Waals surface area contributed by atoms with Crippen LogP contribution in [-0.4, -0.2) is 29.1 Å². The molecule has 1 aliphatic heterocycles. The highest BCUT2D eigenvalue weighted by Gasteiger charge is 2.45. The molecule has 142 valence electrons. The minimum atomic E-state index is -0.340. The molecule has 2 unspecified atom stereocenters. The fraction of sp³-hybridized carbons (Fsp3) is 0.400. The van der Waals surface area contributed by atoms with Crippen LogP contribution in [0.1, 0.15) is 25.7 Å². The van der Waals surface area contributed by atoms with Crippen molar-refractivity contribution in [3.05, 3.63) is 24.4 Å². The lowest BCUT2D eigenvalue weighted by Crippen LogP contribution is -2.33. The van der Waals surface area contributed by atoms with E-state index in [-0.39, 0.29) is 36.0 Å². The molecule has 8 heteroatoms. The first kappa shape index (κ1) is 16.8. The highest BCUT2D eigenvalue weighted by molar-refractivity contribution is 6.02. The van der Waals surface area contributed by atoms with Crippen LogP contribution in [0.2, 0.25) is 0 Å². The molecule has 5 rings (SSSR count). The lowest BCUT2D eigenvalue weighted by atomic mass is 10.1. The standard InChI is InChI=1S/C20H19N5O3/c21-8-11-5-13(11)19(26)24-18-6-10-4-12(7-15(22)14(10)9-23-18)25-16-2-1-3-17(16)28-20(25)27/h4,6-7,9,11,13,16-17H,1-3,5,22H2,(H,23,24,26)/t11-,13+,16?,17?/m1/s1. The summed E-state index contributed by atoms with van der Waals surface area (Å²) in [5, 5.41) is 13.2. The number of nitrogens with one attached hydrogen (secondary N) is 1. The van der Waals surface area contributed by atoms with Crippen molar-refractivity contribution in [3.63, 3.8) is 0 Å². The van der Waals surface area contributed by atoms with Crippen LogP contribution in [0.4, 0.5) is 22.0 Å². The van der Waals surface area contributed by atoms with Gasteiger partial charge in [0.05, 0.1) is 29.6 Å². The van der Waals surface area contributed by atoms with Crippen molar-refractivity contribution in [2.45, 2.75) is 37.8 Å². The molecule has 2 amide bonds. The molecule has 2 heterocycles. The van der Waals surface area contributed by atoms with Crippen molar-refractivity contribution < 1.29 is 14.3 Å². The Hall–Kier alpha value is -3.34. The number of nitrogens with zero attached hydrogens (tertiary/aromatic N) is 3. The Kier molecular flexibility index (Phi) is 3.66. The number of hydrogen-bond acceptors (Lipinski definition) is 6. The summed E-state index contributed by atoms with van der Waals surface area (Å²) in [5.41, 5.74) is 7.42. The first-order chi connectivity index (χ1) is 13.5. The number of rotatable bonds is 3. The average Bonchev–Trinajstić information content (AvgIpc) is 3.23. The Morgan fingerprint density at radius 1 is 1.36 bits per heavy atom. The van der Waals surface area contributed by atoms with Crippen molar-refractivity contribution in [1.82, 2.24) is 4.98 Å². The maximum atomic E-state index is 12.4. The second-order valence-electron chi connectivity index (χ2n) is 7.68. The predicted octanol–water partition coefficient (Wildman–Crippen LogP) is 2.79. The van der Waals surface area contributed by atoms with Gasteiger partial charge in [-0.05, 0) is 49.3 Å². The van der Waals surface area contributed by atoms with Crippen LogP contribution in [0.25, 0.3) is 10.8 Å². The number of aromatic nitrogens is 1. The summed E-state index contributed by atoms with van der Waals surface area (Å²) in [7, 11) is 0. The van der Waals surface area contributed by atoms with Crippen LogP contribution in [0, 0.1) is 23.2 Å². The Balaban J connectivity index is 1.46. The van der Waals surface area contributed by atoms with Crippen molar-refractivity contribution >= 4 is 40.0 Å². The number of nitrogen functional groups attached to an aromatic ring is 1. The minimum Gasteiger partial charge on any atom is -0.444 e. The molecular formula is C20H19N5O3. The number of nitrogens with two attached hydrogens (primary N) is 1. The van der Waals surface area contributed by atoms with Gasteiger partial charge in [0, 0.05) is 17.3 Å². The van der Waals surface area contributed by atoms with Crippen LogP contribution < -0.4 is 16.0 Å². The van der Waals surface area contributed by atoms with Crippen LogP contribution >= 0.6 is 0 Å². The molecule has 1 saturated heterocycles. The zero-order valence-electron chi connectivity index (χ0n) is 15.1. The second-order valence-corrected chi connectivity index (χ2v) is 7.68. The summed E-state index contributed by atoms with van der Waals surface area (Å²) < 4.78 is 5.49. The summed E-state index contributed by atoms with van der Waals surface area (Å²) in [6, 6.07) is 7.54. The van der Waals surface area contributed by atoms with Gasteiger partial charge < -0.3 is 15.8 Å². The summed E-state index contributed by atoms with van der Waals surface area (Å²) >= 11 is 0. The predicted molar refractivity (Wildman–Crippen MR) is 102 cm³/mol. The van der Waals surface area contributed by atoms with Gasteiger partial charge in [0.25, 0.3) is 0 Å². The molecule has 3 N–H and O–H groups in total. The Labute approximate surface area is 161 Å². The fourth-order valence-corrected chi connectivity index (χ4v) is 4.28. The molecule has 1 aromatic carbocycles. The third kappa shape index (κ3) is 2.62. The first-order valence-electron chi connectivity index (χ1n) is 9.45. The maximum absolute atomic E-state index is 12.4. The van der Waals surface area contributed by atoms with Crippen molar-refractivity contribution in [1.29, 1.82) is 5.26 Å². The quantitative estimate of drug-likeness (QED) is 0.793. The number of fused-ring (bicyclic) bond motifs is 2. The molecule has 0 bridgehead atoms. The largest absolute Gasteiger partial charge is 0.444 e.